The molecule has 2 heterocycles. The van der Waals surface area contributed by atoms with Crippen LogP contribution in [0.5, 0.6) is 0 Å². The number of amides is 1. The molecule has 7 heteroatoms. The molecule has 1 aliphatic rings. The quantitative estimate of drug-likeness (QED) is 0.755. The van der Waals surface area contributed by atoms with Crippen LogP contribution in [0, 0.1) is 11.2 Å². The van der Waals surface area contributed by atoms with Gasteiger partial charge in [0.05, 0.1) is 10.0 Å². The van der Waals surface area contributed by atoms with E-state index in [4.69, 9.17) is 11.6 Å². The lowest BCUT2D eigenvalue weighted by atomic mass is 9.90. The largest absolute Gasteiger partial charge is 0.359 e. The summed E-state index contributed by atoms with van der Waals surface area (Å²) in [5, 5.41) is 3.89. The first kappa shape index (κ1) is 19.0. The van der Waals surface area contributed by atoms with Crippen LogP contribution >= 0.6 is 23.4 Å². The van der Waals surface area contributed by atoms with Gasteiger partial charge in [0.15, 0.2) is 0 Å². The van der Waals surface area contributed by atoms with Crippen LogP contribution in [-0.4, -0.2) is 29.7 Å². The number of hydrogen-bond donors (Lipinski definition) is 1. The van der Waals surface area contributed by atoms with Crippen molar-refractivity contribution in [1.29, 1.82) is 0 Å². The Balaban J connectivity index is 1.85. The van der Waals surface area contributed by atoms with E-state index in [1.807, 2.05) is 17.2 Å². The third kappa shape index (κ3) is 4.13. The van der Waals surface area contributed by atoms with E-state index in [1.165, 1.54) is 17.8 Å². The van der Waals surface area contributed by atoms with E-state index in [0.717, 1.165) is 16.4 Å². The lowest BCUT2D eigenvalue weighted by Crippen LogP contribution is -2.39. The third-order valence-electron chi connectivity index (χ3n) is 4.47. The fourth-order valence-corrected chi connectivity index (χ4v) is 3.85. The Hall–Kier alpha value is -1.79. The van der Waals surface area contributed by atoms with Crippen molar-refractivity contribution in [3.05, 3.63) is 47.4 Å². The van der Waals surface area contributed by atoms with Crippen molar-refractivity contribution in [3.8, 4) is 0 Å². The van der Waals surface area contributed by atoms with Crippen molar-refractivity contribution >= 4 is 40.6 Å². The number of nitrogens with one attached hydrogen (secondary N) is 1. The second kappa shape index (κ2) is 7.45. The van der Waals surface area contributed by atoms with E-state index >= 15 is 0 Å². The van der Waals surface area contributed by atoms with Gasteiger partial charge in [0.25, 0.3) is 0 Å². The van der Waals surface area contributed by atoms with Crippen molar-refractivity contribution in [2.45, 2.75) is 31.3 Å². The minimum atomic E-state index is -0.462. The Morgan fingerprint density at radius 3 is 2.85 bits per heavy atom. The van der Waals surface area contributed by atoms with Gasteiger partial charge in [0.2, 0.25) is 5.91 Å². The molecule has 1 unspecified atom stereocenters. The maximum absolute atomic E-state index is 13.5. The number of benzene rings is 1. The molecule has 0 spiro atoms. The summed E-state index contributed by atoms with van der Waals surface area (Å²) in [4.78, 5) is 19.2. The van der Waals surface area contributed by atoms with Gasteiger partial charge in [0.1, 0.15) is 11.9 Å². The molecule has 1 aromatic heterocycles. The highest BCUT2D eigenvalue weighted by atomic mass is 35.5. The summed E-state index contributed by atoms with van der Waals surface area (Å²) in [6.45, 7) is 4.94. The Labute approximate surface area is 162 Å². The molecule has 1 saturated heterocycles. The number of rotatable bonds is 4. The van der Waals surface area contributed by atoms with Crippen molar-refractivity contribution in [2.24, 2.45) is 5.41 Å². The van der Waals surface area contributed by atoms with Gasteiger partial charge in [-0.05, 0) is 48.4 Å². The van der Waals surface area contributed by atoms with Gasteiger partial charge in [0, 0.05) is 24.1 Å². The van der Waals surface area contributed by atoms with Gasteiger partial charge in [-0.15, -0.1) is 11.8 Å². The van der Waals surface area contributed by atoms with E-state index in [2.05, 4.69) is 24.1 Å². The van der Waals surface area contributed by atoms with Crippen LogP contribution < -0.4 is 10.2 Å². The number of aromatic nitrogens is 1. The van der Waals surface area contributed by atoms with Crippen LogP contribution in [0.1, 0.15) is 20.3 Å². The molecular formula is C19H21ClFN3OS. The minimum absolute atomic E-state index is 0.0362. The zero-order valence-corrected chi connectivity index (χ0v) is 16.5. The molecule has 3 rings (SSSR count). The van der Waals surface area contributed by atoms with Crippen molar-refractivity contribution < 1.29 is 9.18 Å². The summed E-state index contributed by atoms with van der Waals surface area (Å²) in [7, 11) is 0. The van der Waals surface area contributed by atoms with Gasteiger partial charge in [-0.1, -0.05) is 25.4 Å². The number of thioether (sulfide) groups is 1. The fraction of sp³-hybridized carbons (Fsp3) is 0.368. The van der Waals surface area contributed by atoms with Crippen LogP contribution in [0.3, 0.4) is 0 Å². The molecule has 2 aromatic rings. The summed E-state index contributed by atoms with van der Waals surface area (Å²) in [6.07, 6.45) is 4.32. The van der Waals surface area contributed by atoms with E-state index in [0.29, 0.717) is 13.0 Å². The Kier molecular flexibility index (Phi) is 5.44. The zero-order valence-electron chi connectivity index (χ0n) is 14.9. The lowest BCUT2D eigenvalue weighted by molar-refractivity contribution is -0.117. The average Bonchev–Trinajstić information content (AvgIpc) is 2.93. The average molecular weight is 394 g/mol. The molecule has 0 aliphatic carbocycles. The number of carbonyl (C=O) groups excluding carboxylic acids is 1. The minimum Gasteiger partial charge on any atom is -0.359 e. The topological polar surface area (TPSA) is 45.2 Å². The highest BCUT2D eigenvalue weighted by molar-refractivity contribution is 7.98. The highest BCUT2D eigenvalue weighted by Crippen LogP contribution is 2.38. The van der Waals surface area contributed by atoms with Crippen LogP contribution in [0.4, 0.5) is 15.8 Å². The van der Waals surface area contributed by atoms with Crippen LogP contribution in [0.2, 0.25) is 5.02 Å². The Morgan fingerprint density at radius 1 is 1.38 bits per heavy atom. The number of anilines is 2. The zero-order chi connectivity index (χ0) is 18.9. The van der Waals surface area contributed by atoms with E-state index in [-0.39, 0.29) is 22.4 Å². The molecule has 138 valence electrons. The fourth-order valence-electron chi connectivity index (χ4n) is 3.26. The van der Waals surface area contributed by atoms with Crippen LogP contribution in [0.25, 0.3) is 0 Å². The van der Waals surface area contributed by atoms with Crippen molar-refractivity contribution in [2.75, 3.05) is 23.0 Å². The van der Waals surface area contributed by atoms with E-state index in [9.17, 15) is 9.18 Å². The maximum atomic E-state index is 13.5. The molecular weight excluding hydrogens is 373 g/mol. The van der Waals surface area contributed by atoms with Gasteiger partial charge in [-0.3, -0.25) is 4.79 Å². The third-order valence-corrected chi connectivity index (χ3v) is 5.40. The first-order valence-electron chi connectivity index (χ1n) is 8.32. The monoisotopic (exact) mass is 393 g/mol. The highest BCUT2D eigenvalue weighted by Gasteiger charge is 2.41. The number of pyridine rings is 1. The molecule has 0 bridgehead atoms. The second-order valence-corrected chi connectivity index (χ2v) is 8.42. The number of halogens is 2. The molecule has 1 atom stereocenters. The molecule has 26 heavy (non-hydrogen) atoms. The molecule has 1 fully saturated rings. The molecule has 1 N–H and O–H groups in total. The molecule has 4 nitrogen and oxygen atoms in total. The summed E-state index contributed by atoms with van der Waals surface area (Å²) >= 11 is 7.46. The first-order valence-corrected chi connectivity index (χ1v) is 9.92. The molecule has 1 aliphatic heterocycles. The molecule has 0 saturated carbocycles. The summed E-state index contributed by atoms with van der Waals surface area (Å²) in [6, 6.07) is 7.86. The number of hydrogen-bond acceptors (Lipinski definition) is 4. The lowest BCUT2D eigenvalue weighted by Gasteiger charge is -2.26. The Bertz CT molecular complexity index is 830. The van der Waals surface area contributed by atoms with Gasteiger partial charge >= 0.3 is 0 Å². The summed E-state index contributed by atoms with van der Waals surface area (Å²) < 4.78 is 13.5. The smallest absolute Gasteiger partial charge is 0.247 e. The summed E-state index contributed by atoms with van der Waals surface area (Å²) in [5.74, 6) is -0.550. The SMILES string of the molecule is CSc1cc(NC(=O)C2CC(C)(C)CN2c2ccc(F)c(Cl)c2)ccn1. The van der Waals surface area contributed by atoms with Crippen molar-refractivity contribution in [1.82, 2.24) is 4.98 Å². The number of carbonyl (C=O) groups is 1. The van der Waals surface area contributed by atoms with Crippen LogP contribution in [0.15, 0.2) is 41.6 Å². The normalized spacial score (nSPS) is 18.8. The van der Waals surface area contributed by atoms with Gasteiger partial charge < -0.3 is 10.2 Å². The standard InChI is InChI=1S/C19H21ClFN3OS/c1-19(2)10-16(18(25)23-12-6-7-22-17(8-12)26-3)24(11-19)13-4-5-15(21)14(20)9-13/h4-9,16H,10-11H2,1-3H3,(H,22,23,25). The second-order valence-electron chi connectivity index (χ2n) is 7.19. The maximum Gasteiger partial charge on any atom is 0.247 e. The van der Waals surface area contributed by atoms with Crippen molar-refractivity contribution in [3.63, 3.8) is 0 Å². The van der Waals surface area contributed by atoms with E-state index < -0.39 is 5.82 Å². The molecule has 1 amide bonds. The van der Waals surface area contributed by atoms with E-state index in [1.54, 1.807) is 24.4 Å². The van der Waals surface area contributed by atoms with Gasteiger partial charge in [-0.2, -0.15) is 0 Å². The molecule has 1 aromatic carbocycles. The predicted octanol–water partition coefficient (Wildman–Crippen LogP) is 4.84. The first-order chi connectivity index (χ1) is 12.3. The number of nitrogens with zero attached hydrogens (tertiary/aromatic N) is 2. The van der Waals surface area contributed by atoms with Gasteiger partial charge in [-0.25, -0.2) is 9.37 Å². The molecule has 0 radical (unpaired) electrons. The van der Waals surface area contributed by atoms with Crippen LogP contribution in [-0.2, 0) is 4.79 Å². The Morgan fingerprint density at radius 2 is 2.15 bits per heavy atom. The summed E-state index contributed by atoms with van der Waals surface area (Å²) in [5.41, 5.74) is 1.43. The predicted molar refractivity (Wildman–Crippen MR) is 106 cm³/mol.